The van der Waals surface area contributed by atoms with Crippen molar-refractivity contribution in [2.24, 2.45) is 0 Å². The number of aromatic amines is 1. The molecule has 2 heterocycles. The van der Waals surface area contributed by atoms with Gasteiger partial charge in [-0.1, -0.05) is 18.2 Å². The van der Waals surface area contributed by atoms with Gasteiger partial charge in [-0.3, -0.25) is 9.59 Å². The van der Waals surface area contributed by atoms with Crippen LogP contribution in [0.15, 0.2) is 29.1 Å². The number of H-pyrrole nitrogens is 1. The van der Waals surface area contributed by atoms with Gasteiger partial charge in [0.1, 0.15) is 0 Å². The summed E-state index contributed by atoms with van der Waals surface area (Å²) in [5.41, 5.74) is 0.00988. The minimum atomic E-state index is -0.274. The number of hydrogen-bond acceptors (Lipinski definition) is 4. The van der Waals surface area contributed by atoms with Crippen molar-refractivity contribution in [3.8, 4) is 0 Å². The maximum Gasteiger partial charge on any atom is 0.272 e. The zero-order valence-corrected chi connectivity index (χ0v) is 11.0. The van der Waals surface area contributed by atoms with E-state index >= 15 is 0 Å². The van der Waals surface area contributed by atoms with Crippen molar-refractivity contribution < 1.29 is 4.79 Å². The Hall–Kier alpha value is -1.82. The third-order valence-electron chi connectivity index (χ3n) is 3.18. The van der Waals surface area contributed by atoms with Crippen LogP contribution in [-0.4, -0.2) is 33.7 Å². The number of hydrogen-bond donors (Lipinski definition) is 2. The molecular weight excluding hydrogens is 262 g/mol. The van der Waals surface area contributed by atoms with E-state index in [0.29, 0.717) is 10.8 Å². The lowest BCUT2D eigenvalue weighted by molar-refractivity contribution is 0.0937. The lowest BCUT2D eigenvalue weighted by Gasteiger charge is -2.11. The normalized spacial score (nSPS) is 18.6. The fourth-order valence-corrected chi connectivity index (χ4v) is 3.34. The first-order valence-electron chi connectivity index (χ1n) is 6.12. The first kappa shape index (κ1) is 12.2. The Morgan fingerprint density at radius 2 is 2.16 bits per heavy atom. The van der Waals surface area contributed by atoms with Gasteiger partial charge in [-0.15, -0.1) is 0 Å². The van der Waals surface area contributed by atoms with Crippen molar-refractivity contribution in [3.05, 3.63) is 40.3 Å². The SMILES string of the molecule is O=C(NC1CCSC1)c1n[nH]c(=O)c2ccccc12. The molecule has 2 aromatic rings. The number of carbonyl (C=O) groups excluding carboxylic acids is 1. The van der Waals surface area contributed by atoms with Crippen molar-refractivity contribution in [1.29, 1.82) is 0 Å². The average Bonchev–Trinajstić information content (AvgIpc) is 2.92. The molecule has 98 valence electrons. The Balaban J connectivity index is 1.98. The number of rotatable bonds is 2. The fraction of sp³-hybridized carbons (Fsp3) is 0.308. The predicted molar refractivity (Wildman–Crippen MR) is 75.6 cm³/mol. The smallest absolute Gasteiger partial charge is 0.272 e. The van der Waals surface area contributed by atoms with E-state index in [2.05, 4.69) is 15.5 Å². The van der Waals surface area contributed by atoms with Crippen LogP contribution in [0.4, 0.5) is 0 Å². The molecule has 1 aliphatic rings. The third kappa shape index (κ3) is 2.35. The maximum atomic E-state index is 12.2. The first-order valence-corrected chi connectivity index (χ1v) is 7.27. The van der Waals surface area contributed by atoms with Gasteiger partial charge in [0.25, 0.3) is 11.5 Å². The Labute approximate surface area is 113 Å². The molecule has 19 heavy (non-hydrogen) atoms. The number of nitrogens with one attached hydrogen (secondary N) is 2. The molecule has 1 atom stereocenters. The quantitative estimate of drug-likeness (QED) is 0.862. The summed E-state index contributed by atoms with van der Waals surface area (Å²) in [4.78, 5) is 23.9. The molecular formula is C13H13N3O2S. The summed E-state index contributed by atoms with van der Waals surface area (Å²) in [6.07, 6.45) is 0.984. The van der Waals surface area contributed by atoms with Crippen LogP contribution in [0.25, 0.3) is 10.8 Å². The van der Waals surface area contributed by atoms with E-state index in [1.165, 1.54) is 0 Å². The predicted octanol–water partition coefficient (Wildman–Crippen LogP) is 1.16. The summed E-state index contributed by atoms with van der Waals surface area (Å²) in [6, 6.07) is 7.21. The van der Waals surface area contributed by atoms with E-state index in [0.717, 1.165) is 17.9 Å². The van der Waals surface area contributed by atoms with E-state index in [-0.39, 0.29) is 23.2 Å². The number of aromatic nitrogens is 2. The molecule has 0 bridgehead atoms. The summed E-state index contributed by atoms with van der Waals surface area (Å²) >= 11 is 1.83. The standard InChI is InChI=1S/C13H13N3O2S/c17-12-10-4-2-1-3-9(10)11(15-16-12)13(18)14-8-5-6-19-7-8/h1-4,8H,5-7H2,(H,14,18)(H,16,17). The summed E-state index contributed by atoms with van der Waals surface area (Å²) in [6.45, 7) is 0. The maximum absolute atomic E-state index is 12.2. The summed E-state index contributed by atoms with van der Waals surface area (Å²) < 4.78 is 0. The summed E-state index contributed by atoms with van der Waals surface area (Å²) in [5.74, 6) is 1.79. The molecule has 5 nitrogen and oxygen atoms in total. The summed E-state index contributed by atoms with van der Waals surface area (Å²) in [5, 5.41) is 10.3. The van der Waals surface area contributed by atoms with Crippen LogP contribution in [0.1, 0.15) is 16.9 Å². The topological polar surface area (TPSA) is 74.8 Å². The lowest BCUT2D eigenvalue weighted by Crippen LogP contribution is -2.35. The number of amides is 1. The van der Waals surface area contributed by atoms with Gasteiger partial charge in [0.15, 0.2) is 5.69 Å². The summed E-state index contributed by atoms with van der Waals surface area (Å²) in [7, 11) is 0. The molecule has 6 heteroatoms. The van der Waals surface area contributed by atoms with Gasteiger partial charge < -0.3 is 5.32 Å². The van der Waals surface area contributed by atoms with Crippen molar-refractivity contribution in [1.82, 2.24) is 15.5 Å². The van der Waals surface area contributed by atoms with Crippen LogP contribution in [0, 0.1) is 0 Å². The fourth-order valence-electron chi connectivity index (χ4n) is 2.19. The first-order chi connectivity index (χ1) is 9.25. The zero-order chi connectivity index (χ0) is 13.2. The van der Waals surface area contributed by atoms with Gasteiger partial charge in [0.2, 0.25) is 0 Å². The minimum absolute atomic E-state index is 0.199. The van der Waals surface area contributed by atoms with Crippen LogP contribution >= 0.6 is 11.8 Å². The molecule has 1 fully saturated rings. The van der Waals surface area contributed by atoms with Gasteiger partial charge in [0, 0.05) is 17.2 Å². The van der Waals surface area contributed by atoms with Gasteiger partial charge in [-0.25, -0.2) is 5.10 Å². The van der Waals surface area contributed by atoms with E-state index in [1.54, 1.807) is 24.3 Å². The second kappa shape index (κ2) is 5.05. The minimum Gasteiger partial charge on any atom is -0.347 e. The van der Waals surface area contributed by atoms with E-state index < -0.39 is 0 Å². The number of carbonyl (C=O) groups is 1. The Bertz CT molecular complexity index is 677. The van der Waals surface area contributed by atoms with Crippen molar-refractivity contribution in [3.63, 3.8) is 0 Å². The van der Waals surface area contributed by atoms with Crippen LogP contribution < -0.4 is 10.9 Å². The largest absolute Gasteiger partial charge is 0.347 e. The zero-order valence-electron chi connectivity index (χ0n) is 10.2. The molecule has 1 unspecified atom stereocenters. The molecule has 2 N–H and O–H groups in total. The Kier molecular flexibility index (Phi) is 3.25. The molecule has 1 amide bonds. The number of fused-ring (bicyclic) bond motifs is 1. The van der Waals surface area contributed by atoms with E-state index in [1.807, 2.05) is 11.8 Å². The molecule has 0 saturated carbocycles. The number of thioether (sulfide) groups is 1. The van der Waals surface area contributed by atoms with Gasteiger partial charge in [0.05, 0.1) is 5.39 Å². The molecule has 3 rings (SSSR count). The molecule has 0 radical (unpaired) electrons. The Morgan fingerprint density at radius 3 is 2.89 bits per heavy atom. The highest BCUT2D eigenvalue weighted by atomic mass is 32.2. The second-order valence-electron chi connectivity index (χ2n) is 4.48. The molecule has 0 aliphatic carbocycles. The van der Waals surface area contributed by atoms with E-state index in [9.17, 15) is 9.59 Å². The molecule has 0 spiro atoms. The van der Waals surface area contributed by atoms with Crippen LogP contribution in [0.5, 0.6) is 0 Å². The second-order valence-corrected chi connectivity index (χ2v) is 5.63. The third-order valence-corrected chi connectivity index (χ3v) is 4.34. The highest BCUT2D eigenvalue weighted by molar-refractivity contribution is 7.99. The van der Waals surface area contributed by atoms with Crippen LogP contribution in [-0.2, 0) is 0 Å². The van der Waals surface area contributed by atoms with Crippen molar-refractivity contribution in [2.75, 3.05) is 11.5 Å². The Morgan fingerprint density at radius 1 is 1.37 bits per heavy atom. The van der Waals surface area contributed by atoms with Gasteiger partial charge in [-0.2, -0.15) is 16.9 Å². The molecule has 1 aromatic heterocycles. The van der Waals surface area contributed by atoms with Crippen LogP contribution in [0.2, 0.25) is 0 Å². The average molecular weight is 275 g/mol. The highest BCUT2D eigenvalue weighted by Gasteiger charge is 2.20. The van der Waals surface area contributed by atoms with Gasteiger partial charge >= 0.3 is 0 Å². The molecule has 1 aliphatic heterocycles. The highest BCUT2D eigenvalue weighted by Crippen LogP contribution is 2.18. The van der Waals surface area contributed by atoms with Crippen LogP contribution in [0.3, 0.4) is 0 Å². The lowest BCUT2D eigenvalue weighted by atomic mass is 10.1. The number of nitrogens with zero attached hydrogens (tertiary/aromatic N) is 1. The van der Waals surface area contributed by atoms with Crippen molar-refractivity contribution >= 4 is 28.4 Å². The number of benzene rings is 1. The van der Waals surface area contributed by atoms with Gasteiger partial charge in [-0.05, 0) is 18.2 Å². The molecule has 1 saturated heterocycles. The van der Waals surface area contributed by atoms with E-state index in [4.69, 9.17) is 0 Å². The monoisotopic (exact) mass is 275 g/mol. The van der Waals surface area contributed by atoms with Crippen molar-refractivity contribution in [2.45, 2.75) is 12.5 Å². The molecule has 1 aromatic carbocycles.